The first kappa shape index (κ1) is 15.9. The number of rotatable bonds is 5. The molecule has 1 aromatic carbocycles. The van der Waals surface area contributed by atoms with Gasteiger partial charge >= 0.3 is 0 Å². The fraction of sp³-hybridized carbons (Fsp3) is 0.286. The van der Waals surface area contributed by atoms with Crippen molar-refractivity contribution < 1.29 is 9.53 Å². The lowest BCUT2D eigenvalue weighted by atomic mass is 10.1. The smallest absolute Gasteiger partial charge is 0.229 e. The molecule has 0 unspecified atom stereocenters. The second-order valence-electron chi connectivity index (χ2n) is 4.62. The lowest BCUT2D eigenvalue weighted by Crippen LogP contribution is -2.24. The van der Waals surface area contributed by atoms with Crippen molar-refractivity contribution in [1.29, 1.82) is 0 Å². The van der Waals surface area contributed by atoms with E-state index in [2.05, 4.69) is 26.3 Å². The summed E-state index contributed by atoms with van der Waals surface area (Å²) < 4.78 is 7.80. The molecule has 5 nitrogen and oxygen atoms in total. The predicted molar refractivity (Wildman–Crippen MR) is 85.7 cm³/mol. The summed E-state index contributed by atoms with van der Waals surface area (Å²) >= 11 is 9.27. The van der Waals surface area contributed by atoms with E-state index in [1.165, 1.54) is 0 Å². The van der Waals surface area contributed by atoms with Crippen molar-refractivity contribution in [2.24, 2.45) is 5.92 Å². The summed E-state index contributed by atoms with van der Waals surface area (Å²) in [5.41, 5.74) is 0.559. The number of methoxy groups -OCH3 is 1. The summed E-state index contributed by atoms with van der Waals surface area (Å²) in [6.45, 7) is 2.32. The minimum Gasteiger partial charge on any atom is -0.495 e. The quantitative estimate of drug-likeness (QED) is 0.873. The summed E-state index contributed by atoms with van der Waals surface area (Å²) in [5.74, 6) is 0.199. The van der Waals surface area contributed by atoms with Gasteiger partial charge in [0.1, 0.15) is 5.75 Å². The molecule has 0 aliphatic rings. The molecule has 1 aromatic heterocycles. The summed E-state index contributed by atoms with van der Waals surface area (Å²) in [7, 11) is 1.55. The average molecular weight is 373 g/mol. The highest BCUT2D eigenvalue weighted by Gasteiger charge is 2.16. The highest BCUT2D eigenvalue weighted by atomic mass is 79.9. The molecule has 1 atom stereocenters. The second-order valence-corrected chi connectivity index (χ2v) is 5.97. The zero-order valence-corrected chi connectivity index (χ0v) is 14.0. The number of anilines is 1. The second kappa shape index (κ2) is 6.95. The van der Waals surface area contributed by atoms with Gasteiger partial charge in [-0.3, -0.25) is 9.48 Å². The number of carbonyl (C=O) groups excluding carboxylic acids is 1. The molecule has 2 aromatic rings. The van der Waals surface area contributed by atoms with Crippen LogP contribution in [0, 0.1) is 5.92 Å². The number of carbonyl (C=O) groups is 1. The van der Waals surface area contributed by atoms with Gasteiger partial charge in [0, 0.05) is 11.2 Å². The number of ether oxygens (including phenoxy) is 1. The molecule has 0 fully saturated rings. The van der Waals surface area contributed by atoms with Gasteiger partial charge in [0.05, 0.1) is 35.9 Å². The number of aromatic nitrogens is 2. The van der Waals surface area contributed by atoms with Gasteiger partial charge in [-0.05, 0) is 34.1 Å². The van der Waals surface area contributed by atoms with E-state index in [1.807, 2.05) is 13.1 Å². The highest BCUT2D eigenvalue weighted by Crippen LogP contribution is 2.28. The molecule has 1 heterocycles. The van der Waals surface area contributed by atoms with E-state index in [1.54, 1.807) is 36.2 Å². The third-order valence-corrected chi connectivity index (χ3v) is 3.57. The van der Waals surface area contributed by atoms with Crippen LogP contribution >= 0.6 is 27.5 Å². The van der Waals surface area contributed by atoms with E-state index in [9.17, 15) is 4.79 Å². The Bertz CT molecular complexity index is 645. The van der Waals surface area contributed by atoms with Crippen molar-refractivity contribution in [3.8, 4) is 5.75 Å². The molecule has 112 valence electrons. The van der Waals surface area contributed by atoms with Crippen LogP contribution in [0.15, 0.2) is 35.1 Å². The first-order valence-electron chi connectivity index (χ1n) is 6.32. The Labute approximate surface area is 136 Å². The third kappa shape index (κ3) is 4.22. The topological polar surface area (TPSA) is 56.1 Å². The summed E-state index contributed by atoms with van der Waals surface area (Å²) in [6, 6.07) is 5.09. The Hall–Kier alpha value is -1.53. The van der Waals surface area contributed by atoms with Crippen LogP contribution in [-0.4, -0.2) is 22.8 Å². The van der Waals surface area contributed by atoms with Gasteiger partial charge in [-0.25, -0.2) is 0 Å². The van der Waals surface area contributed by atoms with Crippen LogP contribution < -0.4 is 10.1 Å². The van der Waals surface area contributed by atoms with E-state index in [-0.39, 0.29) is 11.8 Å². The van der Waals surface area contributed by atoms with Crippen LogP contribution in [0.2, 0.25) is 5.02 Å². The maximum absolute atomic E-state index is 12.2. The maximum Gasteiger partial charge on any atom is 0.229 e. The third-order valence-electron chi connectivity index (χ3n) is 2.93. The lowest BCUT2D eigenvalue weighted by Gasteiger charge is -2.14. The van der Waals surface area contributed by atoms with Crippen molar-refractivity contribution in [1.82, 2.24) is 9.78 Å². The van der Waals surface area contributed by atoms with Gasteiger partial charge in [0.2, 0.25) is 5.91 Å². The van der Waals surface area contributed by atoms with E-state index >= 15 is 0 Å². The Kier molecular flexibility index (Phi) is 5.25. The number of halogens is 2. The monoisotopic (exact) mass is 371 g/mol. The zero-order chi connectivity index (χ0) is 15.4. The van der Waals surface area contributed by atoms with Gasteiger partial charge in [-0.1, -0.05) is 18.5 Å². The van der Waals surface area contributed by atoms with Gasteiger partial charge in [-0.15, -0.1) is 0 Å². The van der Waals surface area contributed by atoms with Gasteiger partial charge in [-0.2, -0.15) is 5.10 Å². The lowest BCUT2D eigenvalue weighted by molar-refractivity contribution is -0.119. The summed E-state index contributed by atoms with van der Waals surface area (Å²) in [6.07, 6.45) is 3.51. The molecule has 0 saturated carbocycles. The van der Waals surface area contributed by atoms with Crippen molar-refractivity contribution in [2.75, 3.05) is 12.4 Å². The molecule has 1 amide bonds. The molecule has 2 rings (SSSR count). The van der Waals surface area contributed by atoms with Crippen molar-refractivity contribution >= 4 is 39.1 Å². The fourth-order valence-electron chi connectivity index (χ4n) is 1.84. The number of benzene rings is 1. The molecule has 21 heavy (non-hydrogen) atoms. The maximum atomic E-state index is 12.2. The SMILES string of the molecule is COc1ccc(Cl)cc1NC(=O)[C@@H](C)Cn1cc(Br)cn1. The number of nitrogens with one attached hydrogen (secondary N) is 1. The summed E-state index contributed by atoms with van der Waals surface area (Å²) in [4.78, 5) is 12.2. The molecule has 0 aliphatic carbocycles. The summed E-state index contributed by atoms with van der Waals surface area (Å²) in [5, 5.41) is 7.50. The van der Waals surface area contributed by atoms with Gasteiger partial charge < -0.3 is 10.1 Å². The molecule has 0 bridgehead atoms. The van der Waals surface area contributed by atoms with Gasteiger partial charge in [0.15, 0.2) is 0 Å². The molecular formula is C14H15BrClN3O2. The van der Waals surface area contributed by atoms with E-state index in [0.29, 0.717) is 23.0 Å². The number of nitrogens with zero attached hydrogens (tertiary/aromatic N) is 2. The standard InChI is InChI=1S/C14H15BrClN3O2/c1-9(7-19-8-10(15)6-17-19)14(20)18-12-5-11(16)3-4-13(12)21-2/h3-6,8-9H,7H2,1-2H3,(H,18,20)/t9-/m0/s1. The molecule has 1 N–H and O–H groups in total. The van der Waals surface area contributed by atoms with Crippen LogP contribution in [0.1, 0.15) is 6.92 Å². The first-order valence-corrected chi connectivity index (χ1v) is 7.49. The Morgan fingerprint density at radius 2 is 2.33 bits per heavy atom. The van der Waals surface area contributed by atoms with E-state index in [0.717, 1.165) is 4.47 Å². The van der Waals surface area contributed by atoms with Crippen LogP contribution in [-0.2, 0) is 11.3 Å². The van der Waals surface area contributed by atoms with Crippen LogP contribution in [0.3, 0.4) is 0 Å². The van der Waals surface area contributed by atoms with E-state index in [4.69, 9.17) is 16.3 Å². The minimum absolute atomic E-state index is 0.123. The van der Waals surface area contributed by atoms with Crippen molar-refractivity contribution in [3.05, 3.63) is 40.1 Å². The van der Waals surface area contributed by atoms with Crippen LogP contribution in [0.5, 0.6) is 5.75 Å². The van der Waals surface area contributed by atoms with Crippen LogP contribution in [0.4, 0.5) is 5.69 Å². The average Bonchev–Trinajstić information content (AvgIpc) is 2.84. The molecular weight excluding hydrogens is 358 g/mol. The normalized spacial score (nSPS) is 12.0. The predicted octanol–water partition coefficient (Wildman–Crippen LogP) is 3.58. The molecule has 0 saturated heterocycles. The fourth-order valence-corrected chi connectivity index (χ4v) is 2.34. The molecule has 7 heteroatoms. The molecule has 0 spiro atoms. The Morgan fingerprint density at radius 3 is 2.95 bits per heavy atom. The Morgan fingerprint density at radius 1 is 1.57 bits per heavy atom. The number of hydrogen-bond donors (Lipinski definition) is 1. The van der Waals surface area contributed by atoms with E-state index < -0.39 is 0 Å². The van der Waals surface area contributed by atoms with Crippen molar-refractivity contribution in [2.45, 2.75) is 13.5 Å². The molecule has 0 aliphatic heterocycles. The van der Waals surface area contributed by atoms with Crippen LogP contribution in [0.25, 0.3) is 0 Å². The molecule has 0 radical (unpaired) electrons. The Balaban J connectivity index is 2.05. The highest BCUT2D eigenvalue weighted by molar-refractivity contribution is 9.10. The largest absolute Gasteiger partial charge is 0.495 e. The number of amides is 1. The number of hydrogen-bond acceptors (Lipinski definition) is 3. The van der Waals surface area contributed by atoms with Crippen molar-refractivity contribution in [3.63, 3.8) is 0 Å². The zero-order valence-electron chi connectivity index (χ0n) is 11.6. The van der Waals surface area contributed by atoms with Gasteiger partial charge in [0.25, 0.3) is 0 Å². The first-order chi connectivity index (χ1) is 9.99. The minimum atomic E-state index is -0.250.